The minimum atomic E-state index is -4.75. The van der Waals surface area contributed by atoms with E-state index >= 15 is 0 Å². The maximum absolute atomic E-state index is 12.7. The van der Waals surface area contributed by atoms with Crippen LogP contribution in [0.25, 0.3) is 11.0 Å². The number of ether oxygens (including phenoxy) is 2. The first-order chi connectivity index (χ1) is 14.3. The number of pyridine rings is 1. The van der Waals surface area contributed by atoms with E-state index in [0.29, 0.717) is 24.4 Å². The third-order valence-electron chi connectivity index (χ3n) is 5.33. The minimum Gasteiger partial charge on any atom is -0.495 e. The van der Waals surface area contributed by atoms with Crippen LogP contribution in [0.3, 0.4) is 0 Å². The Morgan fingerprint density at radius 1 is 1.17 bits per heavy atom. The van der Waals surface area contributed by atoms with Crippen LogP contribution in [0.5, 0.6) is 11.5 Å². The van der Waals surface area contributed by atoms with Gasteiger partial charge in [-0.25, -0.2) is 4.98 Å². The summed E-state index contributed by atoms with van der Waals surface area (Å²) in [5.41, 5.74) is 2.28. The van der Waals surface area contributed by atoms with Crippen molar-refractivity contribution in [2.75, 3.05) is 20.2 Å². The number of halogens is 3. The molecule has 0 radical (unpaired) electrons. The molecule has 0 atom stereocenters. The molecule has 6 nitrogen and oxygen atoms in total. The minimum absolute atomic E-state index is 0.200. The Bertz CT molecular complexity index is 1040. The van der Waals surface area contributed by atoms with Crippen molar-refractivity contribution in [3.05, 3.63) is 53.9 Å². The van der Waals surface area contributed by atoms with Gasteiger partial charge in [0.1, 0.15) is 17.1 Å². The molecule has 0 spiro atoms. The molecule has 0 saturated carbocycles. The summed E-state index contributed by atoms with van der Waals surface area (Å²) in [6, 6.07) is 6.97. The molecule has 4 rings (SSSR count). The van der Waals surface area contributed by atoms with E-state index in [4.69, 9.17) is 4.74 Å². The molecule has 3 heterocycles. The standard InChI is InChI=1S/C21H20F3N3O3/c1-29-16-10-17-18(12-26-19(17)25-11-16)13-6-8-27(9-7-13)20(28)14-2-4-15(5-3-14)30-21(22,23)24/h2-5,10-13H,6-9H2,1H3,(H,25,26). The van der Waals surface area contributed by atoms with E-state index in [1.165, 1.54) is 12.1 Å². The lowest BCUT2D eigenvalue weighted by molar-refractivity contribution is -0.274. The van der Waals surface area contributed by atoms with Crippen LogP contribution in [-0.4, -0.2) is 47.3 Å². The van der Waals surface area contributed by atoms with Gasteiger partial charge in [0, 0.05) is 30.2 Å². The third kappa shape index (κ3) is 4.19. The number of methoxy groups -OCH3 is 1. The van der Waals surface area contributed by atoms with Gasteiger partial charge >= 0.3 is 6.36 Å². The average molecular weight is 419 g/mol. The second-order valence-electron chi connectivity index (χ2n) is 7.15. The molecule has 1 saturated heterocycles. The number of hydrogen-bond donors (Lipinski definition) is 1. The number of hydrogen-bond acceptors (Lipinski definition) is 4. The SMILES string of the molecule is COc1cnc2[nH]cc(C3CCN(C(=O)c4ccc(OC(F)(F)F)cc4)CC3)c2c1. The number of alkyl halides is 3. The van der Waals surface area contributed by atoms with E-state index in [0.717, 1.165) is 41.6 Å². The van der Waals surface area contributed by atoms with Crippen molar-refractivity contribution < 1.29 is 27.4 Å². The summed E-state index contributed by atoms with van der Waals surface area (Å²) >= 11 is 0. The number of rotatable bonds is 4. The molecule has 1 N–H and O–H groups in total. The summed E-state index contributed by atoms with van der Waals surface area (Å²) < 4.78 is 45.9. The first-order valence-electron chi connectivity index (χ1n) is 9.50. The molecule has 158 valence electrons. The Hall–Kier alpha value is -3.23. The number of benzene rings is 1. The lowest BCUT2D eigenvalue weighted by Gasteiger charge is -2.32. The van der Waals surface area contributed by atoms with Gasteiger partial charge in [-0.3, -0.25) is 4.79 Å². The van der Waals surface area contributed by atoms with Gasteiger partial charge in [-0.1, -0.05) is 0 Å². The molecule has 2 aromatic heterocycles. The van der Waals surface area contributed by atoms with Crippen LogP contribution >= 0.6 is 0 Å². The number of aromatic nitrogens is 2. The predicted molar refractivity (Wildman–Crippen MR) is 104 cm³/mol. The molecule has 9 heteroatoms. The van der Waals surface area contributed by atoms with E-state index in [1.807, 2.05) is 12.3 Å². The van der Waals surface area contributed by atoms with Crippen LogP contribution in [0.15, 0.2) is 42.7 Å². The highest BCUT2D eigenvalue weighted by atomic mass is 19.4. The van der Waals surface area contributed by atoms with Crippen molar-refractivity contribution >= 4 is 16.9 Å². The highest BCUT2D eigenvalue weighted by molar-refractivity contribution is 5.94. The van der Waals surface area contributed by atoms with Gasteiger partial charge in [0.15, 0.2) is 0 Å². The zero-order chi connectivity index (χ0) is 21.3. The first-order valence-corrected chi connectivity index (χ1v) is 9.50. The topological polar surface area (TPSA) is 67.5 Å². The number of amides is 1. The number of aromatic amines is 1. The van der Waals surface area contributed by atoms with Gasteiger partial charge in [0.25, 0.3) is 5.91 Å². The van der Waals surface area contributed by atoms with Crippen molar-refractivity contribution in [2.45, 2.75) is 25.1 Å². The van der Waals surface area contributed by atoms with E-state index < -0.39 is 6.36 Å². The summed E-state index contributed by atoms with van der Waals surface area (Å²) in [6.07, 6.45) is 0.430. The summed E-state index contributed by atoms with van der Waals surface area (Å²) in [4.78, 5) is 22.0. The van der Waals surface area contributed by atoms with Crippen LogP contribution in [0, 0.1) is 0 Å². The van der Waals surface area contributed by atoms with Crippen molar-refractivity contribution in [2.24, 2.45) is 0 Å². The second-order valence-corrected chi connectivity index (χ2v) is 7.15. The highest BCUT2D eigenvalue weighted by Crippen LogP contribution is 2.34. The number of nitrogens with zero attached hydrogens (tertiary/aromatic N) is 2. The number of nitrogens with one attached hydrogen (secondary N) is 1. The summed E-state index contributed by atoms with van der Waals surface area (Å²) in [5.74, 6) is 0.420. The molecule has 1 fully saturated rings. The molecular formula is C21H20F3N3O3. The molecule has 1 aliphatic rings. The van der Waals surface area contributed by atoms with E-state index in [9.17, 15) is 18.0 Å². The number of carbonyl (C=O) groups excluding carboxylic acids is 1. The van der Waals surface area contributed by atoms with Gasteiger partial charge in [-0.2, -0.15) is 0 Å². The van der Waals surface area contributed by atoms with Gasteiger partial charge in [0.05, 0.1) is 13.3 Å². The molecule has 1 aliphatic heterocycles. The van der Waals surface area contributed by atoms with Crippen LogP contribution in [-0.2, 0) is 0 Å². The number of piperidine rings is 1. The fourth-order valence-electron chi connectivity index (χ4n) is 3.83. The van der Waals surface area contributed by atoms with Gasteiger partial charge in [0.2, 0.25) is 0 Å². The quantitative estimate of drug-likeness (QED) is 0.677. The zero-order valence-electron chi connectivity index (χ0n) is 16.2. The Morgan fingerprint density at radius 3 is 2.50 bits per heavy atom. The maximum atomic E-state index is 12.7. The molecule has 1 aromatic carbocycles. The highest BCUT2D eigenvalue weighted by Gasteiger charge is 2.31. The summed E-state index contributed by atoms with van der Waals surface area (Å²) in [6.45, 7) is 1.13. The van der Waals surface area contributed by atoms with E-state index in [-0.39, 0.29) is 17.6 Å². The van der Waals surface area contributed by atoms with Crippen LogP contribution in [0.2, 0.25) is 0 Å². The number of carbonyl (C=O) groups is 1. The average Bonchev–Trinajstić information content (AvgIpc) is 3.16. The first kappa shape index (κ1) is 20.1. The molecule has 0 bridgehead atoms. The van der Waals surface area contributed by atoms with Gasteiger partial charge in [-0.05, 0) is 54.7 Å². The number of fused-ring (bicyclic) bond motifs is 1. The number of likely N-dealkylation sites (tertiary alicyclic amines) is 1. The van der Waals surface area contributed by atoms with Crippen LogP contribution in [0.4, 0.5) is 13.2 Å². The zero-order valence-corrected chi connectivity index (χ0v) is 16.2. The van der Waals surface area contributed by atoms with Crippen molar-refractivity contribution in [3.63, 3.8) is 0 Å². The largest absolute Gasteiger partial charge is 0.573 e. The predicted octanol–water partition coefficient (Wildman–Crippen LogP) is 4.49. The maximum Gasteiger partial charge on any atom is 0.573 e. The molecule has 0 unspecified atom stereocenters. The lowest BCUT2D eigenvalue weighted by atomic mass is 9.89. The Balaban J connectivity index is 1.41. The normalized spacial score (nSPS) is 15.4. The van der Waals surface area contributed by atoms with Crippen molar-refractivity contribution in [1.82, 2.24) is 14.9 Å². The van der Waals surface area contributed by atoms with Crippen molar-refractivity contribution in [3.8, 4) is 11.5 Å². The molecule has 0 aliphatic carbocycles. The lowest BCUT2D eigenvalue weighted by Crippen LogP contribution is -2.37. The van der Waals surface area contributed by atoms with Crippen molar-refractivity contribution in [1.29, 1.82) is 0 Å². The Morgan fingerprint density at radius 2 is 1.87 bits per heavy atom. The third-order valence-corrected chi connectivity index (χ3v) is 5.33. The fourth-order valence-corrected chi connectivity index (χ4v) is 3.83. The fraction of sp³-hybridized carbons (Fsp3) is 0.333. The summed E-state index contributed by atoms with van der Waals surface area (Å²) in [5, 5.41) is 1.01. The van der Waals surface area contributed by atoms with E-state index in [2.05, 4.69) is 14.7 Å². The molecule has 30 heavy (non-hydrogen) atoms. The Kier molecular flexibility index (Phi) is 5.27. The monoisotopic (exact) mass is 419 g/mol. The Labute approximate surface area is 170 Å². The van der Waals surface area contributed by atoms with E-state index in [1.54, 1.807) is 18.2 Å². The molecular weight excluding hydrogens is 399 g/mol. The molecule has 3 aromatic rings. The molecule has 1 amide bonds. The summed E-state index contributed by atoms with van der Waals surface area (Å²) in [7, 11) is 1.60. The second kappa shape index (κ2) is 7.89. The van der Waals surface area contributed by atoms with Crippen LogP contribution in [0.1, 0.15) is 34.7 Å². The number of H-pyrrole nitrogens is 1. The smallest absolute Gasteiger partial charge is 0.495 e. The van der Waals surface area contributed by atoms with Crippen LogP contribution < -0.4 is 9.47 Å². The van der Waals surface area contributed by atoms with Gasteiger partial charge < -0.3 is 19.4 Å². The van der Waals surface area contributed by atoms with Gasteiger partial charge in [-0.15, -0.1) is 13.2 Å².